The van der Waals surface area contributed by atoms with Crippen LogP contribution in [0.5, 0.6) is 11.5 Å². The van der Waals surface area contributed by atoms with Crippen LogP contribution in [0.2, 0.25) is 0 Å². The monoisotopic (exact) mass is 293 g/mol. The molecule has 0 bridgehead atoms. The second-order valence-corrected chi connectivity index (χ2v) is 5.06. The van der Waals surface area contributed by atoms with E-state index in [1.165, 1.54) is 0 Å². The third-order valence-corrected chi connectivity index (χ3v) is 3.67. The van der Waals surface area contributed by atoms with Gasteiger partial charge in [-0.15, -0.1) is 0 Å². The van der Waals surface area contributed by atoms with Crippen molar-refractivity contribution < 1.29 is 14.3 Å². The summed E-state index contributed by atoms with van der Waals surface area (Å²) < 4.78 is 10.4. The van der Waals surface area contributed by atoms with Gasteiger partial charge in [0.25, 0.3) is 0 Å². The molecule has 0 aliphatic carbocycles. The Labute approximate surface area is 125 Å². The van der Waals surface area contributed by atoms with Crippen molar-refractivity contribution in [3.8, 4) is 11.5 Å². The van der Waals surface area contributed by atoms with E-state index in [1.54, 1.807) is 26.4 Å². The molecule has 0 saturated carbocycles. The minimum Gasteiger partial charge on any atom is -0.493 e. The average molecular weight is 293 g/mol. The fourth-order valence-corrected chi connectivity index (χ4v) is 2.48. The van der Waals surface area contributed by atoms with Crippen LogP contribution >= 0.6 is 0 Å². The molecule has 3 N–H and O–H groups in total. The summed E-state index contributed by atoms with van der Waals surface area (Å²) in [6, 6.07) is 3.50. The second kappa shape index (κ2) is 7.06. The third kappa shape index (κ3) is 3.71. The Hall–Kier alpha value is -2.11. The van der Waals surface area contributed by atoms with Gasteiger partial charge in [0.05, 0.1) is 25.6 Å². The number of nitrogens with one attached hydrogen (secondary N) is 1. The Morgan fingerprint density at radius 1 is 1.24 bits per heavy atom. The highest BCUT2D eigenvalue weighted by molar-refractivity contribution is 5.78. The zero-order chi connectivity index (χ0) is 15.2. The molecule has 1 amide bonds. The Morgan fingerprint density at radius 2 is 1.86 bits per heavy atom. The number of nitrogens with two attached hydrogens (primary N) is 1. The van der Waals surface area contributed by atoms with Crippen molar-refractivity contribution in [2.45, 2.75) is 19.3 Å². The molecular weight excluding hydrogens is 270 g/mol. The number of hydrogen-bond donors (Lipinski definition) is 2. The number of ether oxygens (including phenoxy) is 2. The van der Waals surface area contributed by atoms with E-state index in [-0.39, 0.29) is 5.91 Å². The SMILES string of the molecule is COc1cc(N)c(NCCC(=O)N2CCCC2)cc1OC. The molecule has 6 heteroatoms. The summed E-state index contributed by atoms with van der Waals surface area (Å²) in [5.74, 6) is 1.40. The number of likely N-dealkylation sites (tertiary alicyclic amines) is 1. The van der Waals surface area contributed by atoms with Gasteiger partial charge in [0.15, 0.2) is 11.5 Å². The van der Waals surface area contributed by atoms with Gasteiger partial charge in [0, 0.05) is 38.2 Å². The fraction of sp³-hybridized carbons (Fsp3) is 0.533. The first-order chi connectivity index (χ1) is 10.2. The van der Waals surface area contributed by atoms with Crippen LogP contribution in [-0.2, 0) is 4.79 Å². The molecule has 0 aromatic heterocycles. The Balaban J connectivity index is 1.92. The van der Waals surface area contributed by atoms with Crippen molar-refractivity contribution in [1.29, 1.82) is 0 Å². The quantitative estimate of drug-likeness (QED) is 0.781. The summed E-state index contributed by atoms with van der Waals surface area (Å²) >= 11 is 0. The lowest BCUT2D eigenvalue weighted by Crippen LogP contribution is -2.29. The van der Waals surface area contributed by atoms with E-state index in [0.717, 1.165) is 31.6 Å². The van der Waals surface area contributed by atoms with Crippen LogP contribution in [-0.4, -0.2) is 44.7 Å². The molecule has 1 aliphatic heterocycles. The van der Waals surface area contributed by atoms with Crippen LogP contribution < -0.4 is 20.5 Å². The number of nitrogens with zero attached hydrogens (tertiary/aromatic N) is 1. The van der Waals surface area contributed by atoms with E-state index in [4.69, 9.17) is 15.2 Å². The van der Waals surface area contributed by atoms with Gasteiger partial charge in [0.2, 0.25) is 5.91 Å². The Kier molecular flexibility index (Phi) is 5.14. The van der Waals surface area contributed by atoms with Crippen LogP contribution in [0, 0.1) is 0 Å². The number of carbonyl (C=O) groups excluding carboxylic acids is 1. The van der Waals surface area contributed by atoms with Gasteiger partial charge in [-0.3, -0.25) is 4.79 Å². The number of nitrogen functional groups attached to an aromatic ring is 1. The van der Waals surface area contributed by atoms with Gasteiger partial charge in [-0.2, -0.15) is 0 Å². The molecule has 6 nitrogen and oxygen atoms in total. The first kappa shape index (κ1) is 15.3. The molecule has 1 aromatic carbocycles. The lowest BCUT2D eigenvalue weighted by atomic mass is 10.2. The number of hydrogen-bond acceptors (Lipinski definition) is 5. The predicted octanol–water partition coefficient (Wildman–Crippen LogP) is 1.71. The topological polar surface area (TPSA) is 76.8 Å². The highest BCUT2D eigenvalue weighted by atomic mass is 16.5. The summed E-state index contributed by atoms with van der Waals surface area (Å²) in [6.45, 7) is 2.32. The Morgan fingerprint density at radius 3 is 2.48 bits per heavy atom. The minimum absolute atomic E-state index is 0.194. The molecule has 21 heavy (non-hydrogen) atoms. The smallest absolute Gasteiger partial charge is 0.224 e. The predicted molar refractivity (Wildman–Crippen MR) is 82.9 cm³/mol. The number of methoxy groups -OCH3 is 2. The van der Waals surface area contributed by atoms with E-state index in [2.05, 4.69) is 5.32 Å². The molecule has 1 aromatic rings. The van der Waals surface area contributed by atoms with Gasteiger partial charge in [0.1, 0.15) is 0 Å². The van der Waals surface area contributed by atoms with Crippen LogP contribution in [0.3, 0.4) is 0 Å². The summed E-state index contributed by atoms with van der Waals surface area (Å²) in [6.07, 6.45) is 2.69. The maximum absolute atomic E-state index is 12.0. The maximum atomic E-state index is 12.0. The largest absolute Gasteiger partial charge is 0.493 e. The summed E-state index contributed by atoms with van der Waals surface area (Å²) in [5.41, 5.74) is 7.29. The van der Waals surface area contributed by atoms with Crippen molar-refractivity contribution in [2.24, 2.45) is 0 Å². The minimum atomic E-state index is 0.194. The van der Waals surface area contributed by atoms with Crippen molar-refractivity contribution in [2.75, 3.05) is 44.9 Å². The molecule has 0 unspecified atom stereocenters. The second-order valence-electron chi connectivity index (χ2n) is 5.06. The van der Waals surface area contributed by atoms with E-state index in [9.17, 15) is 4.79 Å². The first-order valence-electron chi connectivity index (χ1n) is 7.19. The van der Waals surface area contributed by atoms with E-state index < -0.39 is 0 Å². The molecule has 0 atom stereocenters. The van der Waals surface area contributed by atoms with Gasteiger partial charge < -0.3 is 25.4 Å². The maximum Gasteiger partial charge on any atom is 0.224 e. The number of carbonyl (C=O) groups is 1. The number of rotatable bonds is 6. The van der Waals surface area contributed by atoms with Crippen LogP contribution in [0.15, 0.2) is 12.1 Å². The third-order valence-electron chi connectivity index (χ3n) is 3.67. The molecule has 1 aliphatic rings. The van der Waals surface area contributed by atoms with Crippen molar-refractivity contribution in [3.05, 3.63) is 12.1 Å². The van der Waals surface area contributed by atoms with Crippen LogP contribution in [0.1, 0.15) is 19.3 Å². The van der Waals surface area contributed by atoms with E-state index in [1.807, 2.05) is 4.90 Å². The molecule has 1 heterocycles. The molecule has 116 valence electrons. The van der Waals surface area contributed by atoms with Gasteiger partial charge in [-0.05, 0) is 12.8 Å². The van der Waals surface area contributed by atoms with Crippen LogP contribution in [0.4, 0.5) is 11.4 Å². The van der Waals surface area contributed by atoms with Gasteiger partial charge in [-0.1, -0.05) is 0 Å². The highest BCUT2D eigenvalue weighted by Crippen LogP contribution is 2.34. The highest BCUT2D eigenvalue weighted by Gasteiger charge is 2.17. The molecule has 1 saturated heterocycles. The molecular formula is C15H23N3O3. The van der Waals surface area contributed by atoms with Crippen LogP contribution in [0.25, 0.3) is 0 Å². The van der Waals surface area contributed by atoms with E-state index in [0.29, 0.717) is 30.2 Å². The number of benzene rings is 1. The zero-order valence-electron chi connectivity index (χ0n) is 12.6. The number of anilines is 2. The van der Waals surface area contributed by atoms with Gasteiger partial charge >= 0.3 is 0 Å². The fourth-order valence-electron chi connectivity index (χ4n) is 2.48. The molecule has 0 spiro atoms. The summed E-state index contributed by atoms with van der Waals surface area (Å²) in [7, 11) is 3.15. The van der Waals surface area contributed by atoms with Crippen molar-refractivity contribution in [3.63, 3.8) is 0 Å². The standard InChI is InChI=1S/C15H23N3O3/c1-20-13-9-11(16)12(10-14(13)21-2)17-6-5-15(19)18-7-3-4-8-18/h9-10,17H,3-8,16H2,1-2H3. The van der Waals surface area contributed by atoms with Gasteiger partial charge in [-0.25, -0.2) is 0 Å². The average Bonchev–Trinajstić information content (AvgIpc) is 3.02. The van der Waals surface area contributed by atoms with Crippen molar-refractivity contribution in [1.82, 2.24) is 4.90 Å². The van der Waals surface area contributed by atoms with E-state index >= 15 is 0 Å². The number of amides is 1. The Bertz CT molecular complexity index is 499. The normalized spacial score (nSPS) is 14.1. The first-order valence-corrected chi connectivity index (χ1v) is 7.19. The zero-order valence-corrected chi connectivity index (χ0v) is 12.6. The lowest BCUT2D eigenvalue weighted by Gasteiger charge is -2.17. The lowest BCUT2D eigenvalue weighted by molar-refractivity contribution is -0.129. The molecule has 1 fully saturated rings. The molecule has 2 rings (SSSR count). The summed E-state index contributed by atoms with van der Waals surface area (Å²) in [4.78, 5) is 13.9. The summed E-state index contributed by atoms with van der Waals surface area (Å²) in [5, 5.41) is 3.19. The van der Waals surface area contributed by atoms with Crippen molar-refractivity contribution >= 4 is 17.3 Å². The molecule has 0 radical (unpaired) electrons.